The van der Waals surface area contributed by atoms with Gasteiger partial charge in [0, 0.05) is 26.2 Å². The van der Waals surface area contributed by atoms with Gasteiger partial charge in [0.05, 0.1) is 6.42 Å². The first-order valence-electron chi connectivity index (χ1n) is 7.28. The fraction of sp³-hybridized carbons (Fsp3) is 0.562. The fourth-order valence-electron chi connectivity index (χ4n) is 2.35. The lowest BCUT2D eigenvalue weighted by molar-refractivity contribution is -0.133. The number of carbonyl (C=O) groups is 1. The summed E-state index contributed by atoms with van der Waals surface area (Å²) in [7, 11) is 0. The van der Waals surface area contributed by atoms with E-state index in [4.69, 9.17) is 4.74 Å². The number of piperazine rings is 1. The molecule has 4 nitrogen and oxygen atoms in total. The number of nitrogens with zero attached hydrogens (tertiary/aromatic N) is 1. The van der Waals surface area contributed by atoms with Crippen molar-refractivity contribution in [2.75, 3.05) is 26.2 Å². The number of hydrogen-bond donors (Lipinski definition) is 1. The van der Waals surface area contributed by atoms with Crippen molar-refractivity contribution >= 4 is 5.91 Å². The minimum Gasteiger partial charge on any atom is -0.490 e. The van der Waals surface area contributed by atoms with Crippen molar-refractivity contribution in [3.63, 3.8) is 0 Å². The average Bonchev–Trinajstić information content (AvgIpc) is 2.44. The van der Waals surface area contributed by atoms with E-state index in [0.717, 1.165) is 31.9 Å². The minimum atomic E-state index is -0.0977. The highest BCUT2D eigenvalue weighted by Gasteiger charge is 2.19. The van der Waals surface area contributed by atoms with E-state index in [2.05, 4.69) is 25.2 Å². The lowest BCUT2D eigenvalue weighted by Crippen LogP contribution is -2.47. The number of aryl methyl sites for hydroxylation is 2. The van der Waals surface area contributed by atoms with Gasteiger partial charge in [-0.05, 0) is 44.0 Å². The van der Waals surface area contributed by atoms with Gasteiger partial charge in [-0.15, -0.1) is 0 Å². The van der Waals surface area contributed by atoms with Crippen molar-refractivity contribution in [1.82, 2.24) is 10.2 Å². The number of carbonyl (C=O) groups excluding carboxylic acids is 1. The molecule has 1 atom stereocenters. The van der Waals surface area contributed by atoms with Gasteiger partial charge in [0.25, 0.3) is 0 Å². The summed E-state index contributed by atoms with van der Waals surface area (Å²) in [5, 5.41) is 3.25. The van der Waals surface area contributed by atoms with Crippen LogP contribution in [0.4, 0.5) is 0 Å². The number of nitrogens with one attached hydrogen (secondary N) is 1. The van der Waals surface area contributed by atoms with Crippen LogP contribution in [0.3, 0.4) is 0 Å². The molecular weight excluding hydrogens is 252 g/mol. The Bertz CT molecular complexity index is 468. The van der Waals surface area contributed by atoms with Crippen molar-refractivity contribution in [3.05, 3.63) is 29.3 Å². The molecule has 2 rings (SSSR count). The number of benzene rings is 1. The van der Waals surface area contributed by atoms with E-state index in [0.29, 0.717) is 6.42 Å². The van der Waals surface area contributed by atoms with Gasteiger partial charge in [-0.2, -0.15) is 0 Å². The summed E-state index contributed by atoms with van der Waals surface area (Å²) in [4.78, 5) is 14.1. The molecule has 1 unspecified atom stereocenters. The molecular formula is C16H24N2O2. The molecule has 1 aromatic rings. The van der Waals surface area contributed by atoms with Gasteiger partial charge in [0.15, 0.2) is 0 Å². The van der Waals surface area contributed by atoms with Gasteiger partial charge in [-0.1, -0.05) is 6.07 Å². The molecule has 0 aromatic heterocycles. The Labute approximate surface area is 121 Å². The first-order valence-corrected chi connectivity index (χ1v) is 7.28. The fourth-order valence-corrected chi connectivity index (χ4v) is 2.35. The summed E-state index contributed by atoms with van der Waals surface area (Å²) >= 11 is 0. The first-order chi connectivity index (χ1) is 9.56. The smallest absolute Gasteiger partial charge is 0.226 e. The van der Waals surface area contributed by atoms with Gasteiger partial charge in [-0.3, -0.25) is 4.79 Å². The first kappa shape index (κ1) is 14.9. The van der Waals surface area contributed by atoms with Gasteiger partial charge >= 0.3 is 0 Å². The van der Waals surface area contributed by atoms with Crippen LogP contribution in [0.15, 0.2) is 18.2 Å². The van der Waals surface area contributed by atoms with Crippen molar-refractivity contribution in [1.29, 1.82) is 0 Å². The Morgan fingerprint density at radius 2 is 2.00 bits per heavy atom. The Balaban J connectivity index is 1.86. The third-order valence-corrected chi connectivity index (χ3v) is 3.75. The van der Waals surface area contributed by atoms with Gasteiger partial charge < -0.3 is 15.0 Å². The summed E-state index contributed by atoms with van der Waals surface area (Å²) < 4.78 is 5.85. The number of amides is 1. The van der Waals surface area contributed by atoms with Crippen LogP contribution in [-0.4, -0.2) is 43.1 Å². The van der Waals surface area contributed by atoms with Crippen LogP contribution in [0, 0.1) is 13.8 Å². The SMILES string of the molecule is Cc1ccc(OC(C)CC(=O)N2CCNCC2)cc1C. The van der Waals surface area contributed by atoms with Crippen molar-refractivity contribution in [3.8, 4) is 5.75 Å². The van der Waals surface area contributed by atoms with E-state index in [1.54, 1.807) is 0 Å². The predicted molar refractivity (Wildman–Crippen MR) is 80.1 cm³/mol. The molecule has 0 spiro atoms. The minimum absolute atomic E-state index is 0.0977. The highest BCUT2D eigenvalue weighted by Crippen LogP contribution is 2.18. The van der Waals surface area contributed by atoms with E-state index in [1.807, 2.05) is 24.0 Å². The zero-order valence-corrected chi connectivity index (χ0v) is 12.6. The van der Waals surface area contributed by atoms with Crippen molar-refractivity contribution in [2.45, 2.75) is 33.3 Å². The second-order valence-corrected chi connectivity index (χ2v) is 5.51. The van der Waals surface area contributed by atoms with Crippen LogP contribution < -0.4 is 10.1 Å². The Morgan fingerprint density at radius 3 is 2.65 bits per heavy atom. The zero-order valence-electron chi connectivity index (χ0n) is 12.6. The Hall–Kier alpha value is -1.55. The van der Waals surface area contributed by atoms with E-state index in [9.17, 15) is 4.79 Å². The highest BCUT2D eigenvalue weighted by molar-refractivity contribution is 5.76. The molecule has 0 radical (unpaired) electrons. The van der Waals surface area contributed by atoms with Crippen LogP contribution in [0.25, 0.3) is 0 Å². The molecule has 20 heavy (non-hydrogen) atoms. The molecule has 1 N–H and O–H groups in total. The summed E-state index contributed by atoms with van der Waals surface area (Å²) in [6.07, 6.45) is 0.340. The molecule has 1 saturated heterocycles. The maximum absolute atomic E-state index is 12.1. The molecule has 1 aliphatic heterocycles. The molecule has 0 bridgehead atoms. The largest absolute Gasteiger partial charge is 0.490 e. The topological polar surface area (TPSA) is 41.6 Å². The predicted octanol–water partition coefficient (Wildman–Crippen LogP) is 1.89. The van der Waals surface area contributed by atoms with E-state index in [1.165, 1.54) is 11.1 Å². The summed E-state index contributed by atoms with van der Waals surface area (Å²) in [5.74, 6) is 1.02. The van der Waals surface area contributed by atoms with Crippen LogP contribution in [0.2, 0.25) is 0 Å². The lowest BCUT2D eigenvalue weighted by Gasteiger charge is -2.28. The molecule has 4 heteroatoms. The van der Waals surface area contributed by atoms with Gasteiger partial charge in [0.2, 0.25) is 5.91 Å². The van der Waals surface area contributed by atoms with Crippen LogP contribution in [-0.2, 0) is 4.79 Å². The van der Waals surface area contributed by atoms with Gasteiger partial charge in [0.1, 0.15) is 11.9 Å². The number of rotatable bonds is 4. The highest BCUT2D eigenvalue weighted by atomic mass is 16.5. The zero-order chi connectivity index (χ0) is 14.5. The molecule has 1 aromatic carbocycles. The van der Waals surface area contributed by atoms with Crippen LogP contribution in [0.1, 0.15) is 24.5 Å². The van der Waals surface area contributed by atoms with E-state index >= 15 is 0 Å². The van der Waals surface area contributed by atoms with Crippen LogP contribution >= 0.6 is 0 Å². The van der Waals surface area contributed by atoms with Crippen molar-refractivity contribution in [2.24, 2.45) is 0 Å². The lowest BCUT2D eigenvalue weighted by atomic mass is 10.1. The molecule has 1 aliphatic rings. The summed E-state index contributed by atoms with van der Waals surface area (Å²) in [6.45, 7) is 9.48. The summed E-state index contributed by atoms with van der Waals surface area (Å²) in [6, 6.07) is 6.05. The number of ether oxygens (including phenoxy) is 1. The molecule has 0 saturated carbocycles. The second kappa shape index (κ2) is 6.75. The van der Waals surface area contributed by atoms with E-state index < -0.39 is 0 Å². The van der Waals surface area contributed by atoms with Crippen LogP contribution in [0.5, 0.6) is 5.75 Å². The molecule has 110 valence electrons. The third kappa shape index (κ3) is 3.97. The standard InChI is InChI=1S/C16H24N2O2/c1-12-4-5-15(10-13(12)2)20-14(3)11-16(19)18-8-6-17-7-9-18/h4-5,10,14,17H,6-9,11H2,1-3H3. The monoisotopic (exact) mass is 276 g/mol. The maximum Gasteiger partial charge on any atom is 0.226 e. The molecule has 1 amide bonds. The Kier molecular flexibility index (Phi) is 5.01. The third-order valence-electron chi connectivity index (χ3n) is 3.75. The quantitative estimate of drug-likeness (QED) is 0.913. The maximum atomic E-state index is 12.1. The molecule has 1 heterocycles. The van der Waals surface area contributed by atoms with Crippen molar-refractivity contribution < 1.29 is 9.53 Å². The normalized spacial score (nSPS) is 16.9. The van der Waals surface area contributed by atoms with Gasteiger partial charge in [-0.25, -0.2) is 0 Å². The average molecular weight is 276 g/mol. The molecule has 1 fully saturated rings. The molecule has 0 aliphatic carbocycles. The van der Waals surface area contributed by atoms with E-state index in [-0.39, 0.29) is 12.0 Å². The summed E-state index contributed by atoms with van der Waals surface area (Å²) in [5.41, 5.74) is 2.46. The number of hydrogen-bond acceptors (Lipinski definition) is 3. The Morgan fingerprint density at radius 1 is 1.30 bits per heavy atom. The second-order valence-electron chi connectivity index (χ2n) is 5.51.